The summed E-state index contributed by atoms with van der Waals surface area (Å²) in [5.41, 5.74) is 2.99. The predicted octanol–water partition coefficient (Wildman–Crippen LogP) is 7.45. The molecule has 8 atom stereocenters. The lowest BCUT2D eigenvalue weighted by molar-refractivity contribution is -0.0543. The molecular formula is C29H45NO. The van der Waals surface area contributed by atoms with Gasteiger partial charge in [-0.15, -0.1) is 0 Å². The van der Waals surface area contributed by atoms with Crippen molar-refractivity contribution in [3.05, 3.63) is 23.8 Å². The van der Waals surface area contributed by atoms with Crippen molar-refractivity contribution in [1.29, 1.82) is 5.26 Å². The van der Waals surface area contributed by atoms with E-state index in [0.717, 1.165) is 38.5 Å². The van der Waals surface area contributed by atoms with Gasteiger partial charge in [0, 0.05) is 0 Å². The van der Waals surface area contributed by atoms with Crippen LogP contribution in [0, 0.1) is 57.2 Å². The molecule has 0 heterocycles. The fraction of sp³-hybridized carbons (Fsp3) is 0.828. The van der Waals surface area contributed by atoms with Crippen LogP contribution in [0.15, 0.2) is 23.8 Å². The number of fused-ring (bicyclic) bond motifs is 5. The van der Waals surface area contributed by atoms with Crippen molar-refractivity contribution in [2.45, 2.75) is 105 Å². The molecular weight excluding hydrogens is 378 g/mol. The van der Waals surface area contributed by atoms with Crippen molar-refractivity contribution >= 4 is 0 Å². The average molecular weight is 424 g/mol. The summed E-state index contributed by atoms with van der Waals surface area (Å²) in [5, 5.41) is 21.0. The minimum atomic E-state index is -0.270. The van der Waals surface area contributed by atoms with Gasteiger partial charge >= 0.3 is 0 Å². The third-order valence-electron chi connectivity index (χ3n) is 11.0. The van der Waals surface area contributed by atoms with Crippen molar-refractivity contribution in [3.8, 4) is 6.07 Å². The molecule has 0 aliphatic heterocycles. The highest BCUT2D eigenvalue weighted by Crippen LogP contribution is 2.72. The van der Waals surface area contributed by atoms with Crippen LogP contribution in [-0.4, -0.2) is 11.2 Å². The molecule has 3 fully saturated rings. The van der Waals surface area contributed by atoms with Gasteiger partial charge in [-0.2, -0.15) is 5.26 Å². The molecule has 4 aliphatic carbocycles. The highest BCUT2D eigenvalue weighted by atomic mass is 16.3. The Kier molecular flexibility index (Phi) is 6.00. The van der Waals surface area contributed by atoms with E-state index in [1.165, 1.54) is 36.8 Å². The van der Waals surface area contributed by atoms with Crippen LogP contribution >= 0.6 is 0 Å². The van der Waals surface area contributed by atoms with Gasteiger partial charge in [-0.25, -0.2) is 0 Å². The van der Waals surface area contributed by atoms with Crippen LogP contribution in [0.3, 0.4) is 0 Å². The van der Waals surface area contributed by atoms with Gasteiger partial charge in [0.2, 0.25) is 0 Å². The summed E-state index contributed by atoms with van der Waals surface area (Å²) in [5.74, 6) is 2.97. The van der Waals surface area contributed by atoms with Crippen molar-refractivity contribution in [3.63, 3.8) is 0 Å². The number of nitriles is 1. The van der Waals surface area contributed by atoms with E-state index in [4.69, 9.17) is 0 Å². The molecule has 31 heavy (non-hydrogen) atoms. The molecule has 0 amide bonds. The quantitative estimate of drug-likeness (QED) is 0.467. The number of aliphatic hydroxyl groups is 1. The summed E-state index contributed by atoms with van der Waals surface area (Å²) in [4.78, 5) is 0. The van der Waals surface area contributed by atoms with E-state index in [-0.39, 0.29) is 22.3 Å². The van der Waals surface area contributed by atoms with E-state index in [2.05, 4.69) is 53.3 Å². The van der Waals surface area contributed by atoms with Gasteiger partial charge in [0.15, 0.2) is 0 Å². The van der Waals surface area contributed by atoms with Gasteiger partial charge in [0.25, 0.3) is 0 Å². The van der Waals surface area contributed by atoms with Crippen molar-refractivity contribution in [2.75, 3.05) is 0 Å². The minimum absolute atomic E-state index is 0.0973. The predicted molar refractivity (Wildman–Crippen MR) is 128 cm³/mol. The zero-order chi connectivity index (χ0) is 22.6. The SMILES string of the molecule is C=C(CC[C@@H](C)[C@H]1CC[C@@]2(C#N)C3=CC[C@H]4C[C@@H](O)CC[C@]4(C)[C@H]3CC[C@]12C)C(C)C. The van der Waals surface area contributed by atoms with E-state index in [9.17, 15) is 10.4 Å². The number of rotatable bonds is 5. The molecule has 0 aromatic rings. The van der Waals surface area contributed by atoms with Crippen LogP contribution in [0.5, 0.6) is 0 Å². The topological polar surface area (TPSA) is 44.0 Å². The molecule has 0 saturated heterocycles. The number of allylic oxidation sites excluding steroid dienone is 3. The first kappa shape index (κ1) is 23.1. The van der Waals surface area contributed by atoms with Crippen LogP contribution < -0.4 is 0 Å². The molecule has 2 heteroatoms. The lowest BCUT2D eigenvalue weighted by Gasteiger charge is -2.60. The second-order valence-electron chi connectivity index (χ2n) is 12.5. The Balaban J connectivity index is 1.61. The van der Waals surface area contributed by atoms with Gasteiger partial charge in [0.1, 0.15) is 0 Å². The normalized spacial score (nSPS) is 45.2. The van der Waals surface area contributed by atoms with Crippen molar-refractivity contribution < 1.29 is 5.11 Å². The van der Waals surface area contributed by atoms with E-state index in [0.29, 0.717) is 29.6 Å². The first-order valence-electron chi connectivity index (χ1n) is 13.1. The summed E-state index contributed by atoms with van der Waals surface area (Å²) >= 11 is 0. The van der Waals surface area contributed by atoms with E-state index in [1.54, 1.807) is 0 Å². The Labute approximate surface area is 191 Å². The van der Waals surface area contributed by atoms with Crippen LogP contribution in [0.25, 0.3) is 0 Å². The second-order valence-corrected chi connectivity index (χ2v) is 12.5. The van der Waals surface area contributed by atoms with Crippen molar-refractivity contribution in [2.24, 2.45) is 45.8 Å². The standard InChI is InChI=1S/C29H45NO/c1-19(2)20(3)7-8-21(4)24-13-16-29(18-30)26-10-9-22-17-23(31)11-14-27(22,5)25(26)12-15-28(24,29)6/h10,19,21-25,31H,3,7-9,11-17H2,1-2,4-6H3/t21-,22+,23+,24-,25+,27+,28-,29-/m1/s1. The molecule has 3 saturated carbocycles. The van der Waals surface area contributed by atoms with Gasteiger partial charge in [-0.05, 0) is 110 Å². The summed E-state index contributed by atoms with van der Waals surface area (Å²) in [6.45, 7) is 16.2. The fourth-order valence-electron chi connectivity index (χ4n) is 8.62. The second kappa shape index (κ2) is 8.06. The Morgan fingerprint density at radius 1 is 1.19 bits per heavy atom. The molecule has 4 aliphatic rings. The Morgan fingerprint density at radius 3 is 2.61 bits per heavy atom. The maximum atomic E-state index is 10.7. The van der Waals surface area contributed by atoms with Gasteiger partial charge in [-0.1, -0.05) is 52.8 Å². The molecule has 0 aromatic heterocycles. The molecule has 0 radical (unpaired) electrons. The van der Waals surface area contributed by atoms with E-state index in [1.807, 2.05) is 0 Å². The highest BCUT2D eigenvalue weighted by Gasteiger charge is 2.66. The summed E-state index contributed by atoms with van der Waals surface area (Å²) in [6.07, 6.45) is 13.4. The van der Waals surface area contributed by atoms with Crippen LogP contribution in [0.1, 0.15) is 98.8 Å². The summed E-state index contributed by atoms with van der Waals surface area (Å²) in [6, 6.07) is 2.97. The Morgan fingerprint density at radius 2 is 1.94 bits per heavy atom. The molecule has 0 spiro atoms. The number of nitrogens with zero attached hydrogens (tertiary/aromatic N) is 1. The summed E-state index contributed by atoms with van der Waals surface area (Å²) in [7, 11) is 0. The monoisotopic (exact) mass is 423 g/mol. The molecule has 0 bridgehead atoms. The van der Waals surface area contributed by atoms with E-state index >= 15 is 0 Å². The maximum absolute atomic E-state index is 10.7. The first-order chi connectivity index (χ1) is 14.6. The third-order valence-corrected chi connectivity index (χ3v) is 11.0. The number of hydrogen-bond acceptors (Lipinski definition) is 2. The first-order valence-corrected chi connectivity index (χ1v) is 13.1. The minimum Gasteiger partial charge on any atom is -0.393 e. The third kappa shape index (κ3) is 3.37. The van der Waals surface area contributed by atoms with Gasteiger partial charge in [0.05, 0.1) is 17.6 Å². The zero-order valence-electron chi connectivity index (χ0n) is 20.7. The molecule has 4 rings (SSSR count). The average Bonchev–Trinajstić information content (AvgIpc) is 3.05. The molecule has 0 aromatic carbocycles. The fourth-order valence-corrected chi connectivity index (χ4v) is 8.62. The molecule has 172 valence electrons. The van der Waals surface area contributed by atoms with Crippen LogP contribution in [0.2, 0.25) is 0 Å². The van der Waals surface area contributed by atoms with Crippen LogP contribution in [-0.2, 0) is 0 Å². The lowest BCUT2D eigenvalue weighted by Crippen LogP contribution is -2.54. The molecule has 1 N–H and O–H groups in total. The van der Waals surface area contributed by atoms with Crippen LogP contribution in [0.4, 0.5) is 0 Å². The number of aliphatic hydroxyl groups excluding tert-OH is 1. The zero-order valence-corrected chi connectivity index (χ0v) is 20.7. The maximum Gasteiger partial charge on any atom is 0.0841 e. The Hall–Kier alpha value is -1.07. The van der Waals surface area contributed by atoms with Gasteiger partial charge < -0.3 is 5.11 Å². The highest BCUT2D eigenvalue weighted by molar-refractivity contribution is 5.39. The lowest BCUT2D eigenvalue weighted by atomic mass is 9.43. The van der Waals surface area contributed by atoms with Gasteiger partial charge in [-0.3, -0.25) is 0 Å². The molecule has 2 nitrogen and oxygen atoms in total. The largest absolute Gasteiger partial charge is 0.393 e. The van der Waals surface area contributed by atoms with Crippen molar-refractivity contribution in [1.82, 2.24) is 0 Å². The number of hydrogen-bond donors (Lipinski definition) is 1. The summed E-state index contributed by atoms with van der Waals surface area (Å²) < 4.78 is 0. The Bertz CT molecular complexity index is 789. The molecule has 0 unspecified atom stereocenters. The smallest absolute Gasteiger partial charge is 0.0841 e. The van der Waals surface area contributed by atoms with E-state index < -0.39 is 0 Å².